The number of morpholine rings is 1. The molecule has 3 nitrogen and oxygen atoms in total. The third kappa shape index (κ3) is 3.84. The molecule has 0 saturated carbocycles. The van der Waals surface area contributed by atoms with Crippen molar-refractivity contribution in [2.75, 3.05) is 31.2 Å². The summed E-state index contributed by atoms with van der Waals surface area (Å²) in [6.45, 7) is 3.52. The van der Waals surface area contributed by atoms with Crippen molar-refractivity contribution in [3.8, 4) is 0 Å². The molecule has 2 aromatic carbocycles. The first-order valence-corrected chi connectivity index (χ1v) is 8.83. The minimum Gasteiger partial charge on any atom is -0.378 e. The van der Waals surface area contributed by atoms with Gasteiger partial charge in [0.2, 0.25) is 0 Å². The van der Waals surface area contributed by atoms with Crippen molar-refractivity contribution in [3.63, 3.8) is 0 Å². The van der Waals surface area contributed by atoms with Gasteiger partial charge in [0.25, 0.3) is 0 Å². The van der Waals surface area contributed by atoms with Crippen molar-refractivity contribution in [3.05, 3.63) is 70.9 Å². The standard InChI is InChI=1S/C21H19ClN2O/c22-18-6-4-17-5-8-19(23-21(17)15-18)7-1-16-2-9-20(10-3-16)24-11-13-25-14-12-24/h1-10,15H,11-14H2/b7-1+. The maximum Gasteiger partial charge on any atom is 0.0724 e. The maximum atomic E-state index is 6.05. The number of anilines is 1. The quantitative estimate of drug-likeness (QED) is 0.672. The Balaban J connectivity index is 1.51. The Kier molecular flexibility index (Phi) is 4.68. The molecule has 4 rings (SSSR count). The third-order valence-corrected chi connectivity index (χ3v) is 4.63. The summed E-state index contributed by atoms with van der Waals surface area (Å²) in [5.74, 6) is 0. The van der Waals surface area contributed by atoms with Crippen molar-refractivity contribution in [2.24, 2.45) is 0 Å². The van der Waals surface area contributed by atoms with Gasteiger partial charge in [-0.25, -0.2) is 4.98 Å². The largest absolute Gasteiger partial charge is 0.378 e. The van der Waals surface area contributed by atoms with Crippen LogP contribution < -0.4 is 4.90 Å². The van der Waals surface area contributed by atoms with Gasteiger partial charge in [0.1, 0.15) is 0 Å². The number of halogens is 1. The Hall–Kier alpha value is -2.36. The van der Waals surface area contributed by atoms with E-state index in [2.05, 4.69) is 46.3 Å². The van der Waals surface area contributed by atoms with Crippen LogP contribution in [0.25, 0.3) is 23.1 Å². The molecule has 1 aliphatic heterocycles. The second-order valence-electron chi connectivity index (χ2n) is 6.10. The van der Waals surface area contributed by atoms with Crippen molar-refractivity contribution in [2.45, 2.75) is 0 Å². The smallest absolute Gasteiger partial charge is 0.0724 e. The van der Waals surface area contributed by atoms with Crippen LogP contribution in [0.1, 0.15) is 11.3 Å². The molecule has 0 aliphatic carbocycles. The van der Waals surface area contributed by atoms with Gasteiger partial charge < -0.3 is 9.64 Å². The van der Waals surface area contributed by atoms with Crippen molar-refractivity contribution in [1.82, 2.24) is 4.98 Å². The summed E-state index contributed by atoms with van der Waals surface area (Å²) < 4.78 is 5.40. The van der Waals surface area contributed by atoms with Gasteiger partial charge in [-0.15, -0.1) is 0 Å². The SMILES string of the molecule is Clc1ccc2ccc(/C=C/c3ccc(N4CCOCC4)cc3)nc2c1. The summed E-state index contributed by atoms with van der Waals surface area (Å²) in [4.78, 5) is 7.00. The van der Waals surface area contributed by atoms with Gasteiger partial charge in [-0.3, -0.25) is 0 Å². The highest BCUT2D eigenvalue weighted by Crippen LogP contribution is 2.20. The Morgan fingerprint density at radius 1 is 0.920 bits per heavy atom. The molecular weight excluding hydrogens is 332 g/mol. The predicted molar refractivity (Wildman–Crippen MR) is 105 cm³/mol. The van der Waals surface area contributed by atoms with E-state index in [4.69, 9.17) is 16.3 Å². The van der Waals surface area contributed by atoms with E-state index in [0.717, 1.165) is 48.5 Å². The van der Waals surface area contributed by atoms with Gasteiger partial charge in [-0.05, 0) is 42.0 Å². The summed E-state index contributed by atoms with van der Waals surface area (Å²) in [6, 6.07) is 18.5. The van der Waals surface area contributed by atoms with E-state index in [1.165, 1.54) is 5.69 Å². The fourth-order valence-corrected chi connectivity index (χ4v) is 3.16. The third-order valence-electron chi connectivity index (χ3n) is 4.39. The molecule has 1 saturated heterocycles. The van der Waals surface area contributed by atoms with Gasteiger partial charge in [-0.2, -0.15) is 0 Å². The first kappa shape index (κ1) is 16.1. The molecule has 0 N–H and O–H groups in total. The first-order chi connectivity index (χ1) is 12.3. The molecule has 1 fully saturated rings. The van der Waals surface area contributed by atoms with Crippen LogP contribution in [-0.4, -0.2) is 31.3 Å². The molecule has 3 aromatic rings. The lowest BCUT2D eigenvalue weighted by Crippen LogP contribution is -2.36. The molecule has 25 heavy (non-hydrogen) atoms. The molecule has 0 spiro atoms. The average molecular weight is 351 g/mol. The lowest BCUT2D eigenvalue weighted by atomic mass is 10.1. The van der Waals surface area contributed by atoms with Crippen LogP contribution in [0.2, 0.25) is 5.02 Å². The molecular formula is C21H19ClN2O. The maximum absolute atomic E-state index is 6.05. The highest BCUT2D eigenvalue weighted by atomic mass is 35.5. The lowest BCUT2D eigenvalue weighted by Gasteiger charge is -2.28. The first-order valence-electron chi connectivity index (χ1n) is 8.45. The van der Waals surface area contributed by atoms with Crippen molar-refractivity contribution >= 4 is 40.3 Å². The molecule has 4 heteroatoms. The molecule has 0 unspecified atom stereocenters. The highest BCUT2D eigenvalue weighted by molar-refractivity contribution is 6.31. The van der Waals surface area contributed by atoms with E-state index in [0.29, 0.717) is 5.02 Å². The zero-order chi connectivity index (χ0) is 17.1. The van der Waals surface area contributed by atoms with Gasteiger partial charge in [0.05, 0.1) is 24.4 Å². The van der Waals surface area contributed by atoms with E-state index in [1.54, 1.807) is 0 Å². The normalized spacial score (nSPS) is 15.2. The van der Waals surface area contributed by atoms with E-state index in [9.17, 15) is 0 Å². The minimum absolute atomic E-state index is 0.708. The Bertz CT molecular complexity index is 899. The van der Waals surface area contributed by atoms with Crippen molar-refractivity contribution in [1.29, 1.82) is 0 Å². The van der Waals surface area contributed by atoms with E-state index in [-0.39, 0.29) is 0 Å². The number of hydrogen-bond acceptors (Lipinski definition) is 3. The van der Waals surface area contributed by atoms with Crippen LogP contribution in [-0.2, 0) is 4.74 Å². The van der Waals surface area contributed by atoms with Crippen LogP contribution >= 0.6 is 11.6 Å². The Morgan fingerprint density at radius 2 is 1.68 bits per heavy atom. The second-order valence-corrected chi connectivity index (χ2v) is 6.53. The number of benzene rings is 2. The number of rotatable bonds is 3. The monoisotopic (exact) mass is 350 g/mol. The van der Waals surface area contributed by atoms with E-state index in [1.807, 2.05) is 30.3 Å². The summed E-state index contributed by atoms with van der Waals surface area (Å²) in [5, 5.41) is 1.80. The summed E-state index contributed by atoms with van der Waals surface area (Å²) in [6.07, 6.45) is 4.12. The molecule has 2 heterocycles. The van der Waals surface area contributed by atoms with E-state index >= 15 is 0 Å². The zero-order valence-electron chi connectivity index (χ0n) is 13.9. The lowest BCUT2D eigenvalue weighted by molar-refractivity contribution is 0.122. The number of aromatic nitrogens is 1. The Labute approximate surface area is 152 Å². The molecule has 0 radical (unpaired) electrons. The Morgan fingerprint density at radius 3 is 2.48 bits per heavy atom. The fraction of sp³-hybridized carbons (Fsp3) is 0.190. The predicted octanol–water partition coefficient (Wildman–Crippen LogP) is 4.90. The molecule has 1 aromatic heterocycles. The van der Waals surface area contributed by atoms with Gasteiger partial charge >= 0.3 is 0 Å². The summed E-state index contributed by atoms with van der Waals surface area (Å²) >= 11 is 6.05. The summed E-state index contributed by atoms with van der Waals surface area (Å²) in [7, 11) is 0. The second kappa shape index (κ2) is 7.26. The van der Waals surface area contributed by atoms with Crippen LogP contribution in [0.5, 0.6) is 0 Å². The number of fused-ring (bicyclic) bond motifs is 1. The molecule has 0 atom stereocenters. The number of ether oxygens (including phenoxy) is 1. The minimum atomic E-state index is 0.708. The average Bonchev–Trinajstić information content (AvgIpc) is 2.67. The summed E-state index contributed by atoms with van der Waals surface area (Å²) in [5.41, 5.74) is 4.24. The van der Waals surface area contributed by atoms with Crippen LogP contribution in [0, 0.1) is 0 Å². The number of hydrogen-bond donors (Lipinski definition) is 0. The topological polar surface area (TPSA) is 25.4 Å². The van der Waals surface area contributed by atoms with E-state index < -0.39 is 0 Å². The highest BCUT2D eigenvalue weighted by Gasteiger charge is 2.10. The molecule has 1 aliphatic rings. The zero-order valence-corrected chi connectivity index (χ0v) is 14.6. The molecule has 0 bridgehead atoms. The van der Waals surface area contributed by atoms with Gasteiger partial charge in [-0.1, -0.05) is 41.9 Å². The van der Waals surface area contributed by atoms with Gasteiger partial charge in [0, 0.05) is 29.2 Å². The van der Waals surface area contributed by atoms with Crippen LogP contribution in [0.15, 0.2) is 54.6 Å². The van der Waals surface area contributed by atoms with Crippen molar-refractivity contribution < 1.29 is 4.74 Å². The van der Waals surface area contributed by atoms with Crippen LogP contribution in [0.4, 0.5) is 5.69 Å². The number of pyridine rings is 1. The fourth-order valence-electron chi connectivity index (χ4n) is 3.00. The van der Waals surface area contributed by atoms with Crippen LogP contribution in [0.3, 0.4) is 0 Å². The molecule has 126 valence electrons. The molecule has 0 amide bonds. The van der Waals surface area contributed by atoms with Gasteiger partial charge in [0.15, 0.2) is 0 Å². The number of nitrogens with zero attached hydrogens (tertiary/aromatic N) is 2.